The Morgan fingerprint density at radius 1 is 1.03 bits per heavy atom. The van der Waals surface area contributed by atoms with Crippen molar-refractivity contribution in [1.82, 2.24) is 9.80 Å². The average molecular weight is 441 g/mol. The molecule has 6 atom stereocenters. The third kappa shape index (κ3) is 2.03. The second-order valence-corrected chi connectivity index (χ2v) is 10.9. The molecule has 1 amide bonds. The van der Waals surface area contributed by atoms with Gasteiger partial charge in [-0.2, -0.15) is 0 Å². The number of likely N-dealkylation sites (tertiary alicyclic amines) is 1. The highest BCUT2D eigenvalue weighted by atomic mass is 16.2. The minimum Gasteiger partial charge on any atom is -0.364 e. The first-order chi connectivity index (χ1) is 15.9. The van der Waals surface area contributed by atoms with Crippen molar-refractivity contribution in [2.24, 2.45) is 0 Å². The number of carbonyl (C=O) groups is 1. The van der Waals surface area contributed by atoms with Crippen LogP contribution in [0.1, 0.15) is 56.3 Å². The van der Waals surface area contributed by atoms with E-state index in [1.165, 1.54) is 33.6 Å². The van der Waals surface area contributed by atoms with Crippen molar-refractivity contribution in [2.45, 2.75) is 62.8 Å². The van der Waals surface area contributed by atoms with Gasteiger partial charge >= 0.3 is 0 Å². The summed E-state index contributed by atoms with van der Waals surface area (Å²) in [6.45, 7) is 7.98. The smallest absolute Gasteiger partial charge is 0.220 e. The fourth-order valence-electron chi connectivity index (χ4n) is 8.48. The maximum absolute atomic E-state index is 13.1. The van der Waals surface area contributed by atoms with Crippen molar-refractivity contribution in [2.75, 3.05) is 30.4 Å². The van der Waals surface area contributed by atoms with Gasteiger partial charge in [0.15, 0.2) is 0 Å². The highest BCUT2D eigenvalue weighted by Gasteiger charge is 2.75. The molecular weight excluding hydrogens is 408 g/mol. The Kier molecular flexibility index (Phi) is 3.70. The number of para-hydroxylation sites is 1. The van der Waals surface area contributed by atoms with Gasteiger partial charge in [0, 0.05) is 43.9 Å². The summed E-state index contributed by atoms with van der Waals surface area (Å²) >= 11 is 0. The Balaban J connectivity index is 1.65. The summed E-state index contributed by atoms with van der Waals surface area (Å²) < 4.78 is 0. The Morgan fingerprint density at radius 2 is 1.82 bits per heavy atom. The van der Waals surface area contributed by atoms with Gasteiger partial charge < -0.3 is 15.1 Å². The molecular formula is C28H32N4O. The molecule has 1 N–H and O–H groups in total. The number of rotatable bonds is 1. The topological polar surface area (TPSA) is 38.8 Å². The predicted molar refractivity (Wildman–Crippen MR) is 131 cm³/mol. The molecule has 0 aliphatic carbocycles. The van der Waals surface area contributed by atoms with Crippen LogP contribution in [0.5, 0.6) is 0 Å². The number of nitrogens with one attached hydrogen (secondary N) is 1. The van der Waals surface area contributed by atoms with Crippen LogP contribution in [0.15, 0.2) is 54.1 Å². The van der Waals surface area contributed by atoms with E-state index >= 15 is 0 Å². The molecule has 2 aromatic carbocycles. The van der Waals surface area contributed by atoms with E-state index in [-0.39, 0.29) is 35.1 Å². The molecule has 0 radical (unpaired) electrons. The third-order valence-corrected chi connectivity index (χ3v) is 9.38. The molecule has 0 aromatic heterocycles. The molecule has 6 aliphatic heterocycles. The number of hydrogen-bond acceptors (Lipinski definition) is 4. The number of hydrogen-bond donors (Lipinski definition) is 1. The molecule has 8 rings (SSSR count). The van der Waals surface area contributed by atoms with Crippen LogP contribution in [0.2, 0.25) is 0 Å². The van der Waals surface area contributed by atoms with Crippen LogP contribution in [0, 0.1) is 0 Å². The Labute approximate surface area is 196 Å². The summed E-state index contributed by atoms with van der Waals surface area (Å²) in [7, 11) is 2.26. The Hall–Kier alpha value is -2.79. The van der Waals surface area contributed by atoms with Crippen LogP contribution < -0.4 is 10.2 Å². The number of carbonyl (C=O) groups excluding carboxylic acids is 1. The fraction of sp³-hybridized carbons (Fsp3) is 0.464. The van der Waals surface area contributed by atoms with Gasteiger partial charge in [-0.3, -0.25) is 9.69 Å². The molecule has 33 heavy (non-hydrogen) atoms. The molecule has 2 aromatic rings. The maximum Gasteiger partial charge on any atom is 0.220 e. The minimum atomic E-state index is -0.136. The molecule has 2 fully saturated rings. The zero-order chi connectivity index (χ0) is 22.7. The number of fused-ring (bicyclic) bond motifs is 2. The van der Waals surface area contributed by atoms with E-state index in [1.54, 1.807) is 6.92 Å². The summed E-state index contributed by atoms with van der Waals surface area (Å²) in [5.41, 5.74) is 8.06. The minimum absolute atomic E-state index is 0.0573. The van der Waals surface area contributed by atoms with Gasteiger partial charge in [0.2, 0.25) is 5.91 Å². The molecule has 6 aliphatic rings. The molecule has 5 heteroatoms. The van der Waals surface area contributed by atoms with Gasteiger partial charge in [-0.25, -0.2) is 0 Å². The molecule has 6 heterocycles. The first-order valence-electron chi connectivity index (χ1n) is 12.3. The van der Waals surface area contributed by atoms with Crippen LogP contribution in [0.3, 0.4) is 0 Å². The summed E-state index contributed by atoms with van der Waals surface area (Å²) in [4.78, 5) is 20.4. The Morgan fingerprint density at radius 3 is 2.61 bits per heavy atom. The van der Waals surface area contributed by atoms with Crippen LogP contribution in [0.4, 0.5) is 11.4 Å². The standard InChI is InChI=1S/C28H32N4O/c1-17(2)16-23-19-8-7-11-22-24(19)28-13-15-32(23)26-27(28,12-14-31(26)18(3)33)20-9-5-6-10-21(20)29-25(28)30(22)4/h5-11,16,23,25-26,29H,12-15H2,1-4H3/t23-,25-,26?,27+,28+/m1/s1. The highest BCUT2D eigenvalue weighted by Crippen LogP contribution is 2.71. The van der Waals surface area contributed by atoms with Gasteiger partial charge in [0.1, 0.15) is 6.17 Å². The van der Waals surface area contributed by atoms with E-state index in [4.69, 9.17) is 0 Å². The van der Waals surface area contributed by atoms with Gasteiger partial charge in [-0.1, -0.05) is 42.0 Å². The summed E-state index contributed by atoms with van der Waals surface area (Å²) in [5.74, 6) is 0.194. The molecule has 2 bridgehead atoms. The van der Waals surface area contributed by atoms with Gasteiger partial charge in [0.25, 0.3) is 0 Å². The van der Waals surface area contributed by atoms with Crippen molar-refractivity contribution in [3.8, 4) is 0 Å². The molecule has 170 valence electrons. The number of nitrogens with zero attached hydrogens (tertiary/aromatic N) is 3. The Bertz CT molecular complexity index is 1230. The normalized spacial score (nSPS) is 36.5. The van der Waals surface area contributed by atoms with E-state index < -0.39 is 0 Å². The van der Waals surface area contributed by atoms with Gasteiger partial charge in [-0.05, 0) is 55.5 Å². The van der Waals surface area contributed by atoms with E-state index in [9.17, 15) is 4.79 Å². The first kappa shape index (κ1) is 19.7. The van der Waals surface area contributed by atoms with Crippen molar-refractivity contribution in [3.05, 3.63) is 70.8 Å². The number of anilines is 2. The number of amides is 1. The van der Waals surface area contributed by atoms with E-state index in [0.717, 1.165) is 25.9 Å². The lowest BCUT2D eigenvalue weighted by Gasteiger charge is -2.62. The van der Waals surface area contributed by atoms with Crippen LogP contribution in [-0.2, 0) is 15.6 Å². The van der Waals surface area contributed by atoms with Crippen molar-refractivity contribution in [1.29, 1.82) is 0 Å². The van der Waals surface area contributed by atoms with Crippen LogP contribution in [0.25, 0.3) is 0 Å². The van der Waals surface area contributed by atoms with Gasteiger partial charge in [-0.15, -0.1) is 0 Å². The number of likely N-dealkylation sites (N-methyl/N-ethyl adjacent to an activating group) is 1. The van der Waals surface area contributed by atoms with E-state index in [2.05, 4.69) is 89.5 Å². The van der Waals surface area contributed by atoms with E-state index in [0.29, 0.717) is 0 Å². The van der Waals surface area contributed by atoms with Crippen LogP contribution >= 0.6 is 0 Å². The molecule has 2 spiro atoms. The third-order valence-electron chi connectivity index (χ3n) is 9.38. The SMILES string of the molecule is CC(=O)N1CC[C@@]23c4ccccc4N[C@@H]4N(C)c5cccc6c5[C@@]42CCN(C13)[C@@H]6C=C(C)C. The van der Waals surface area contributed by atoms with Crippen molar-refractivity contribution in [3.63, 3.8) is 0 Å². The lowest BCUT2D eigenvalue weighted by Crippen LogP contribution is -2.72. The lowest BCUT2D eigenvalue weighted by molar-refractivity contribution is -0.139. The number of piperidine rings is 1. The van der Waals surface area contributed by atoms with Gasteiger partial charge in [0.05, 0.1) is 17.6 Å². The zero-order valence-corrected chi connectivity index (χ0v) is 19.9. The second kappa shape index (κ2) is 6.20. The molecule has 5 nitrogen and oxygen atoms in total. The second-order valence-electron chi connectivity index (χ2n) is 10.9. The average Bonchev–Trinajstić information content (AvgIpc) is 3.25. The molecule has 0 saturated carbocycles. The quantitative estimate of drug-likeness (QED) is 0.669. The lowest BCUT2D eigenvalue weighted by atomic mass is 9.50. The summed E-state index contributed by atoms with van der Waals surface area (Å²) in [5, 5.41) is 3.99. The van der Waals surface area contributed by atoms with E-state index in [1.807, 2.05) is 0 Å². The van der Waals surface area contributed by atoms with Crippen LogP contribution in [-0.4, -0.2) is 48.2 Å². The predicted octanol–water partition coefficient (Wildman–Crippen LogP) is 4.37. The molecule has 2 saturated heterocycles. The largest absolute Gasteiger partial charge is 0.364 e. The van der Waals surface area contributed by atoms with Crippen molar-refractivity contribution < 1.29 is 4.79 Å². The summed E-state index contributed by atoms with van der Waals surface area (Å²) in [6, 6.07) is 16.0. The maximum atomic E-state index is 13.1. The number of benzene rings is 2. The monoisotopic (exact) mass is 440 g/mol. The fourth-order valence-corrected chi connectivity index (χ4v) is 8.48. The first-order valence-corrected chi connectivity index (χ1v) is 12.3. The summed E-state index contributed by atoms with van der Waals surface area (Å²) in [6.07, 6.45) is 4.78. The number of allylic oxidation sites excluding steroid dienone is 1. The highest BCUT2D eigenvalue weighted by molar-refractivity contribution is 5.80. The zero-order valence-electron chi connectivity index (χ0n) is 19.9. The molecule has 2 unspecified atom stereocenters. The van der Waals surface area contributed by atoms with Crippen molar-refractivity contribution >= 4 is 17.3 Å².